The van der Waals surface area contributed by atoms with Crippen molar-refractivity contribution in [1.29, 1.82) is 0 Å². The molecule has 0 radical (unpaired) electrons. The number of esters is 2. The molecule has 0 aromatic rings. The van der Waals surface area contributed by atoms with Crippen LogP contribution >= 0.6 is 0 Å². The van der Waals surface area contributed by atoms with Crippen LogP contribution in [0.2, 0.25) is 0 Å². The van der Waals surface area contributed by atoms with E-state index in [0.717, 1.165) is 44.9 Å². The molecule has 0 saturated heterocycles. The fraction of sp³-hybridized carbons (Fsp3) is 0.909. The zero-order valence-electron chi connectivity index (χ0n) is 17.5. The third-order valence-electron chi connectivity index (χ3n) is 4.58. The number of hydrogen-bond acceptors (Lipinski definition) is 4. The fourth-order valence-corrected chi connectivity index (χ4v) is 2.92. The van der Waals surface area contributed by atoms with Gasteiger partial charge in [-0.25, -0.2) is 0 Å². The number of carbonyl (C=O) groups excluding carboxylic acids is 2. The van der Waals surface area contributed by atoms with Crippen LogP contribution in [0, 0.1) is 5.92 Å². The number of ether oxygens (including phenoxy) is 2. The molecule has 0 aliphatic heterocycles. The molecule has 0 bridgehead atoms. The normalized spacial score (nSPS) is 12.0. The van der Waals surface area contributed by atoms with Crippen LogP contribution in [0.4, 0.5) is 0 Å². The van der Waals surface area contributed by atoms with Crippen LogP contribution in [0.1, 0.15) is 111 Å². The summed E-state index contributed by atoms with van der Waals surface area (Å²) in [5.41, 5.74) is 0. The van der Waals surface area contributed by atoms with Crippen LogP contribution in [-0.2, 0) is 19.1 Å². The summed E-state index contributed by atoms with van der Waals surface area (Å²) in [5, 5.41) is 0. The summed E-state index contributed by atoms with van der Waals surface area (Å²) >= 11 is 0. The zero-order valence-corrected chi connectivity index (χ0v) is 17.5. The van der Waals surface area contributed by atoms with Crippen molar-refractivity contribution in [3.8, 4) is 0 Å². The molecule has 1 unspecified atom stereocenters. The number of hydrogen-bond donors (Lipinski definition) is 0. The van der Waals surface area contributed by atoms with E-state index in [2.05, 4.69) is 20.8 Å². The fourth-order valence-electron chi connectivity index (χ4n) is 2.92. The Morgan fingerprint density at radius 3 is 1.85 bits per heavy atom. The van der Waals surface area contributed by atoms with Crippen LogP contribution in [0.15, 0.2) is 0 Å². The van der Waals surface area contributed by atoms with E-state index in [-0.39, 0.29) is 11.9 Å². The second-order valence-corrected chi connectivity index (χ2v) is 7.48. The van der Waals surface area contributed by atoms with E-state index in [1.165, 1.54) is 32.1 Å². The molecule has 0 aromatic heterocycles. The molecule has 0 spiro atoms. The summed E-state index contributed by atoms with van der Waals surface area (Å²) in [6.45, 7) is 7.54. The van der Waals surface area contributed by atoms with Gasteiger partial charge in [0.1, 0.15) is 0 Å². The lowest BCUT2D eigenvalue weighted by Gasteiger charge is -2.10. The molecule has 4 nitrogen and oxygen atoms in total. The minimum absolute atomic E-state index is 0.105. The Labute approximate surface area is 161 Å². The van der Waals surface area contributed by atoms with Gasteiger partial charge in [0.15, 0.2) is 0 Å². The summed E-state index contributed by atoms with van der Waals surface area (Å²) in [6, 6.07) is 0. The van der Waals surface area contributed by atoms with Gasteiger partial charge in [0.25, 0.3) is 0 Å². The monoisotopic (exact) mass is 370 g/mol. The van der Waals surface area contributed by atoms with Crippen LogP contribution in [0.3, 0.4) is 0 Å². The summed E-state index contributed by atoms with van der Waals surface area (Å²) in [4.78, 5) is 23.3. The Kier molecular flexibility index (Phi) is 18.0. The topological polar surface area (TPSA) is 52.6 Å². The molecule has 0 amide bonds. The maximum Gasteiger partial charge on any atom is 0.305 e. The highest BCUT2D eigenvalue weighted by Crippen LogP contribution is 2.09. The summed E-state index contributed by atoms with van der Waals surface area (Å²) in [7, 11) is 0. The Morgan fingerprint density at radius 1 is 0.692 bits per heavy atom. The second-order valence-electron chi connectivity index (χ2n) is 7.48. The van der Waals surface area contributed by atoms with Crippen molar-refractivity contribution in [1.82, 2.24) is 0 Å². The summed E-state index contributed by atoms with van der Waals surface area (Å²) in [5.74, 6) is 0.219. The molecule has 0 N–H and O–H groups in total. The number of unbranched alkanes of at least 4 members (excludes halogenated alkanes) is 8. The highest BCUT2D eigenvalue weighted by molar-refractivity contribution is 5.69. The molecule has 0 rings (SSSR count). The minimum atomic E-state index is -0.116. The highest BCUT2D eigenvalue weighted by atomic mass is 16.5. The molecule has 0 fully saturated rings. The lowest BCUT2D eigenvalue weighted by atomic mass is 10.1. The van der Waals surface area contributed by atoms with Crippen molar-refractivity contribution in [3.63, 3.8) is 0 Å². The van der Waals surface area contributed by atoms with Gasteiger partial charge in [-0.05, 0) is 31.6 Å². The molecule has 1 atom stereocenters. The molecule has 0 aliphatic carbocycles. The molecule has 154 valence electrons. The van der Waals surface area contributed by atoms with E-state index in [1.54, 1.807) is 0 Å². The first kappa shape index (κ1) is 24.9. The van der Waals surface area contributed by atoms with Crippen LogP contribution in [-0.4, -0.2) is 25.2 Å². The molecule has 0 heterocycles. The van der Waals surface area contributed by atoms with Gasteiger partial charge in [-0.3, -0.25) is 9.59 Å². The molecule has 0 aromatic carbocycles. The Bertz CT molecular complexity index is 341. The molecular weight excluding hydrogens is 328 g/mol. The van der Waals surface area contributed by atoms with E-state index in [0.29, 0.717) is 32.0 Å². The third kappa shape index (κ3) is 17.8. The molecular formula is C22H42O4. The average molecular weight is 371 g/mol. The first-order chi connectivity index (χ1) is 12.6. The van der Waals surface area contributed by atoms with E-state index < -0.39 is 0 Å². The Balaban J connectivity index is 3.36. The molecule has 4 heteroatoms. The van der Waals surface area contributed by atoms with Crippen molar-refractivity contribution in [3.05, 3.63) is 0 Å². The minimum Gasteiger partial charge on any atom is -0.466 e. The largest absolute Gasteiger partial charge is 0.466 e. The smallest absolute Gasteiger partial charge is 0.305 e. The standard InChI is InChI=1S/C22H42O4/c1-4-6-7-8-9-10-14-18-25-21(23)16-12-11-13-17-22(24)26-19-20(3)15-5-2/h20H,4-19H2,1-3H3. The highest BCUT2D eigenvalue weighted by Gasteiger charge is 2.07. The Hall–Kier alpha value is -1.06. The van der Waals surface area contributed by atoms with Crippen LogP contribution in [0.5, 0.6) is 0 Å². The van der Waals surface area contributed by atoms with Gasteiger partial charge >= 0.3 is 11.9 Å². The molecule has 26 heavy (non-hydrogen) atoms. The third-order valence-corrected chi connectivity index (χ3v) is 4.58. The number of rotatable bonds is 18. The predicted molar refractivity (Wildman–Crippen MR) is 107 cm³/mol. The van der Waals surface area contributed by atoms with Crippen LogP contribution < -0.4 is 0 Å². The van der Waals surface area contributed by atoms with E-state index in [9.17, 15) is 9.59 Å². The van der Waals surface area contributed by atoms with Crippen molar-refractivity contribution in [2.45, 2.75) is 111 Å². The van der Waals surface area contributed by atoms with E-state index >= 15 is 0 Å². The van der Waals surface area contributed by atoms with Gasteiger partial charge in [-0.2, -0.15) is 0 Å². The molecule has 0 saturated carbocycles. The zero-order chi connectivity index (χ0) is 19.5. The van der Waals surface area contributed by atoms with Gasteiger partial charge in [-0.15, -0.1) is 0 Å². The van der Waals surface area contributed by atoms with Gasteiger partial charge in [0.2, 0.25) is 0 Å². The van der Waals surface area contributed by atoms with Crippen molar-refractivity contribution < 1.29 is 19.1 Å². The van der Waals surface area contributed by atoms with Crippen LogP contribution in [0.25, 0.3) is 0 Å². The first-order valence-electron chi connectivity index (χ1n) is 10.9. The predicted octanol–water partition coefficient (Wildman–Crippen LogP) is 6.21. The summed E-state index contributed by atoms with van der Waals surface area (Å²) < 4.78 is 10.5. The lowest BCUT2D eigenvalue weighted by Crippen LogP contribution is -2.11. The van der Waals surface area contributed by atoms with E-state index in [4.69, 9.17) is 9.47 Å². The molecule has 0 aliphatic rings. The SMILES string of the molecule is CCCCCCCCCOC(=O)CCCCCC(=O)OCC(C)CCC. The second kappa shape index (κ2) is 18.7. The summed E-state index contributed by atoms with van der Waals surface area (Å²) in [6.07, 6.45) is 14.1. The quantitative estimate of drug-likeness (QED) is 0.212. The van der Waals surface area contributed by atoms with Gasteiger partial charge < -0.3 is 9.47 Å². The van der Waals surface area contributed by atoms with Crippen molar-refractivity contribution >= 4 is 11.9 Å². The maximum absolute atomic E-state index is 11.6. The van der Waals surface area contributed by atoms with Crippen molar-refractivity contribution in [2.24, 2.45) is 5.92 Å². The Morgan fingerprint density at radius 2 is 1.23 bits per heavy atom. The van der Waals surface area contributed by atoms with E-state index in [1.807, 2.05) is 0 Å². The van der Waals surface area contributed by atoms with Gasteiger partial charge in [-0.1, -0.05) is 72.1 Å². The lowest BCUT2D eigenvalue weighted by molar-refractivity contribution is -0.145. The number of carbonyl (C=O) groups is 2. The van der Waals surface area contributed by atoms with Crippen molar-refractivity contribution in [2.75, 3.05) is 13.2 Å². The van der Waals surface area contributed by atoms with Gasteiger partial charge in [0, 0.05) is 12.8 Å². The van der Waals surface area contributed by atoms with Gasteiger partial charge in [0.05, 0.1) is 13.2 Å². The maximum atomic E-state index is 11.6. The first-order valence-corrected chi connectivity index (χ1v) is 10.9. The average Bonchev–Trinajstić information content (AvgIpc) is 2.62.